The third-order valence-electron chi connectivity index (χ3n) is 6.10. The number of carbonyl (C=O) groups is 4. The molecule has 190 valence electrons. The Balaban J connectivity index is 2.76. The molecule has 0 aromatic carbocycles. The number of carbonyl (C=O) groups excluding carboxylic acids is 4. The van der Waals surface area contributed by atoms with Crippen molar-refractivity contribution in [2.45, 2.75) is 104 Å². The normalized spacial score (nSPS) is 17.9. The van der Waals surface area contributed by atoms with Gasteiger partial charge in [-0.2, -0.15) is 0 Å². The van der Waals surface area contributed by atoms with E-state index < -0.39 is 29.5 Å². The zero-order valence-corrected chi connectivity index (χ0v) is 20.9. The molecule has 0 unspecified atom stereocenters. The van der Waals surface area contributed by atoms with Gasteiger partial charge in [0.2, 0.25) is 23.6 Å². The molecule has 0 saturated heterocycles. The number of rotatable bonds is 14. The summed E-state index contributed by atoms with van der Waals surface area (Å²) in [5, 5.41) is 19.5. The van der Waals surface area contributed by atoms with Crippen LogP contribution in [0.5, 0.6) is 0 Å². The third-order valence-corrected chi connectivity index (χ3v) is 6.10. The lowest BCUT2D eigenvalue weighted by atomic mass is 9.90. The van der Waals surface area contributed by atoms with E-state index in [0.29, 0.717) is 31.7 Å². The third kappa shape index (κ3) is 10.1. The molecule has 1 saturated carbocycles. The summed E-state index contributed by atoms with van der Waals surface area (Å²) in [5.74, 6) is -1.37. The van der Waals surface area contributed by atoms with E-state index >= 15 is 0 Å². The molecule has 0 aromatic heterocycles. The summed E-state index contributed by atoms with van der Waals surface area (Å²) >= 11 is 0. The SMILES string of the molecule is CC(C)CNC(=O)C1(NC(=O)[C@H](C)C[C@H](O)[C@H](CC(C)C)NC(=O)CCC(N)=O)CCCC1. The Morgan fingerprint density at radius 2 is 1.55 bits per heavy atom. The first-order valence-corrected chi connectivity index (χ1v) is 12.2. The van der Waals surface area contributed by atoms with Gasteiger partial charge in [-0.15, -0.1) is 0 Å². The number of aliphatic hydroxyl groups excluding tert-OH is 1. The van der Waals surface area contributed by atoms with Gasteiger partial charge in [-0.3, -0.25) is 19.2 Å². The van der Waals surface area contributed by atoms with Gasteiger partial charge in [0, 0.05) is 25.3 Å². The first kappa shape index (κ1) is 28.9. The molecular weight excluding hydrogens is 424 g/mol. The lowest BCUT2D eigenvalue weighted by Crippen LogP contribution is -2.58. The maximum absolute atomic E-state index is 13.0. The predicted molar refractivity (Wildman–Crippen MR) is 127 cm³/mol. The molecule has 9 heteroatoms. The van der Waals surface area contributed by atoms with E-state index in [1.165, 1.54) is 0 Å². The molecule has 1 rings (SSSR count). The van der Waals surface area contributed by atoms with E-state index in [4.69, 9.17) is 5.73 Å². The Morgan fingerprint density at radius 1 is 0.939 bits per heavy atom. The largest absolute Gasteiger partial charge is 0.391 e. The highest BCUT2D eigenvalue weighted by molar-refractivity contribution is 5.92. The van der Waals surface area contributed by atoms with Crippen LogP contribution in [0.2, 0.25) is 0 Å². The number of hydrogen-bond acceptors (Lipinski definition) is 5. The second-order valence-electron chi connectivity index (χ2n) is 10.4. The van der Waals surface area contributed by atoms with Gasteiger partial charge >= 0.3 is 0 Å². The first-order chi connectivity index (χ1) is 15.4. The van der Waals surface area contributed by atoms with Crippen LogP contribution in [-0.4, -0.2) is 53.0 Å². The molecule has 6 N–H and O–H groups in total. The van der Waals surface area contributed by atoms with Crippen LogP contribution in [0, 0.1) is 17.8 Å². The molecule has 9 nitrogen and oxygen atoms in total. The minimum Gasteiger partial charge on any atom is -0.391 e. The van der Waals surface area contributed by atoms with Crippen molar-refractivity contribution in [2.75, 3.05) is 6.54 Å². The summed E-state index contributed by atoms with van der Waals surface area (Å²) in [5.41, 5.74) is 4.21. The lowest BCUT2D eigenvalue weighted by molar-refractivity contribution is -0.135. The second kappa shape index (κ2) is 13.5. The summed E-state index contributed by atoms with van der Waals surface area (Å²) in [6, 6.07) is -0.546. The molecule has 1 fully saturated rings. The van der Waals surface area contributed by atoms with Crippen molar-refractivity contribution in [3.63, 3.8) is 0 Å². The van der Waals surface area contributed by atoms with Crippen LogP contribution in [0.25, 0.3) is 0 Å². The van der Waals surface area contributed by atoms with Crippen LogP contribution >= 0.6 is 0 Å². The predicted octanol–water partition coefficient (Wildman–Crippen LogP) is 1.37. The number of amides is 4. The van der Waals surface area contributed by atoms with Gasteiger partial charge in [0.1, 0.15) is 5.54 Å². The van der Waals surface area contributed by atoms with Crippen LogP contribution in [-0.2, 0) is 19.2 Å². The van der Waals surface area contributed by atoms with E-state index in [0.717, 1.165) is 12.8 Å². The van der Waals surface area contributed by atoms with Crippen LogP contribution in [0.3, 0.4) is 0 Å². The number of hydrogen-bond donors (Lipinski definition) is 5. The monoisotopic (exact) mass is 468 g/mol. The molecule has 0 radical (unpaired) electrons. The van der Waals surface area contributed by atoms with Crippen molar-refractivity contribution >= 4 is 23.6 Å². The zero-order valence-electron chi connectivity index (χ0n) is 20.9. The number of nitrogens with one attached hydrogen (secondary N) is 3. The average Bonchev–Trinajstić information content (AvgIpc) is 3.19. The molecule has 0 aliphatic heterocycles. The van der Waals surface area contributed by atoms with E-state index in [-0.39, 0.29) is 42.9 Å². The number of aliphatic hydroxyl groups is 1. The van der Waals surface area contributed by atoms with E-state index in [9.17, 15) is 24.3 Å². The minimum absolute atomic E-state index is 0.0410. The van der Waals surface area contributed by atoms with E-state index in [1.807, 2.05) is 27.7 Å². The van der Waals surface area contributed by atoms with E-state index in [2.05, 4.69) is 16.0 Å². The highest BCUT2D eigenvalue weighted by Crippen LogP contribution is 2.30. The van der Waals surface area contributed by atoms with Gasteiger partial charge in [0.15, 0.2) is 0 Å². The molecule has 3 atom stereocenters. The molecular formula is C24H44N4O5. The van der Waals surface area contributed by atoms with Gasteiger partial charge in [0.05, 0.1) is 12.1 Å². The Labute approximate surface area is 198 Å². The van der Waals surface area contributed by atoms with Crippen molar-refractivity contribution in [1.29, 1.82) is 0 Å². The number of primary amides is 1. The summed E-state index contributed by atoms with van der Waals surface area (Å²) in [6.07, 6.45) is 2.58. The molecule has 4 amide bonds. The smallest absolute Gasteiger partial charge is 0.245 e. The summed E-state index contributed by atoms with van der Waals surface area (Å²) in [7, 11) is 0. The topological polar surface area (TPSA) is 151 Å². The van der Waals surface area contributed by atoms with Crippen LogP contribution in [0.1, 0.15) is 86.0 Å². The minimum atomic E-state index is -0.944. The van der Waals surface area contributed by atoms with Gasteiger partial charge in [-0.05, 0) is 37.5 Å². The fourth-order valence-corrected chi connectivity index (χ4v) is 4.18. The van der Waals surface area contributed by atoms with Crippen LogP contribution < -0.4 is 21.7 Å². The van der Waals surface area contributed by atoms with Gasteiger partial charge < -0.3 is 26.8 Å². The molecule has 0 aromatic rings. The van der Waals surface area contributed by atoms with Gasteiger partial charge in [0.25, 0.3) is 0 Å². The molecule has 33 heavy (non-hydrogen) atoms. The summed E-state index contributed by atoms with van der Waals surface area (Å²) in [4.78, 5) is 48.9. The maximum Gasteiger partial charge on any atom is 0.245 e. The maximum atomic E-state index is 13.0. The lowest BCUT2D eigenvalue weighted by Gasteiger charge is -2.32. The van der Waals surface area contributed by atoms with Crippen molar-refractivity contribution < 1.29 is 24.3 Å². The van der Waals surface area contributed by atoms with Gasteiger partial charge in [-0.1, -0.05) is 47.5 Å². The molecule has 0 bridgehead atoms. The summed E-state index contributed by atoms with van der Waals surface area (Å²) < 4.78 is 0. The number of nitrogens with two attached hydrogens (primary N) is 1. The van der Waals surface area contributed by atoms with Crippen molar-refractivity contribution in [2.24, 2.45) is 23.5 Å². The van der Waals surface area contributed by atoms with Crippen molar-refractivity contribution in [3.8, 4) is 0 Å². The molecule has 0 spiro atoms. The standard InChI is InChI=1S/C24H44N4O5/c1-15(2)12-18(27-21(31)9-8-20(25)30)19(29)13-17(5)22(32)28-24(10-6-7-11-24)23(33)26-14-16(3)4/h15-19,29H,6-14H2,1-5H3,(H2,25,30)(H,26,33)(H,27,31)(H,28,32)/t17-,18+,19+/m1/s1. The van der Waals surface area contributed by atoms with Crippen molar-refractivity contribution in [3.05, 3.63) is 0 Å². The van der Waals surface area contributed by atoms with Crippen LogP contribution in [0.4, 0.5) is 0 Å². The fraction of sp³-hybridized carbons (Fsp3) is 0.833. The second-order valence-corrected chi connectivity index (χ2v) is 10.4. The van der Waals surface area contributed by atoms with Crippen LogP contribution in [0.15, 0.2) is 0 Å². The highest BCUT2D eigenvalue weighted by atomic mass is 16.3. The first-order valence-electron chi connectivity index (χ1n) is 12.2. The highest BCUT2D eigenvalue weighted by Gasteiger charge is 2.43. The molecule has 0 heterocycles. The Hall–Kier alpha value is -2.16. The molecule has 1 aliphatic carbocycles. The quantitative estimate of drug-likeness (QED) is 0.261. The summed E-state index contributed by atoms with van der Waals surface area (Å²) in [6.45, 7) is 10.3. The average molecular weight is 469 g/mol. The zero-order chi connectivity index (χ0) is 25.2. The van der Waals surface area contributed by atoms with Gasteiger partial charge in [-0.25, -0.2) is 0 Å². The Bertz CT molecular complexity index is 674. The molecule has 1 aliphatic rings. The van der Waals surface area contributed by atoms with Crippen molar-refractivity contribution in [1.82, 2.24) is 16.0 Å². The Kier molecular flexibility index (Phi) is 11.8. The fourth-order valence-electron chi connectivity index (χ4n) is 4.18. The Morgan fingerprint density at radius 3 is 2.06 bits per heavy atom. The van der Waals surface area contributed by atoms with E-state index in [1.54, 1.807) is 6.92 Å².